The fraction of sp³-hybridized carbons (Fsp3) is 0.258. The fourth-order valence-electron chi connectivity index (χ4n) is 5.59. The Labute approximate surface area is 204 Å². The molecule has 3 heteroatoms. The van der Waals surface area contributed by atoms with Gasteiger partial charge in [-0.1, -0.05) is 50.2 Å². The van der Waals surface area contributed by atoms with Gasteiger partial charge in [0.1, 0.15) is 22.9 Å². The Bertz CT molecular complexity index is 1750. The van der Waals surface area contributed by atoms with Crippen LogP contribution >= 0.6 is 11.3 Å². The standard InChI is InChI=1S/C31H30NOS/c1-17(2)14-21-8-7-9-22-23-12-13-32(6)28(31(23)34-30(21)22)27-19(4)10-11-24-26-20(5)15-18(3)16-25(26)33-29(24)27/h7-13,15-17H,14H2,1-6H3/q+1. The van der Waals surface area contributed by atoms with Gasteiger partial charge in [-0.3, -0.25) is 0 Å². The van der Waals surface area contributed by atoms with Crippen molar-refractivity contribution < 1.29 is 8.98 Å². The number of pyridine rings is 1. The van der Waals surface area contributed by atoms with Gasteiger partial charge in [0.05, 0.1) is 5.56 Å². The number of benzene rings is 3. The van der Waals surface area contributed by atoms with Gasteiger partial charge in [-0.15, -0.1) is 11.3 Å². The van der Waals surface area contributed by atoms with Crippen LogP contribution < -0.4 is 4.57 Å². The van der Waals surface area contributed by atoms with E-state index in [0.29, 0.717) is 5.92 Å². The molecule has 170 valence electrons. The molecule has 6 rings (SSSR count). The lowest BCUT2D eigenvalue weighted by atomic mass is 9.97. The second-order valence-corrected chi connectivity index (χ2v) is 11.2. The maximum atomic E-state index is 6.63. The van der Waals surface area contributed by atoms with E-state index < -0.39 is 0 Å². The zero-order valence-electron chi connectivity index (χ0n) is 20.7. The zero-order valence-corrected chi connectivity index (χ0v) is 21.6. The van der Waals surface area contributed by atoms with Gasteiger partial charge in [0, 0.05) is 32.3 Å². The maximum Gasteiger partial charge on any atom is 0.234 e. The molecule has 0 bridgehead atoms. The highest BCUT2D eigenvalue weighted by Crippen LogP contribution is 2.44. The first-order valence-corrected chi connectivity index (χ1v) is 12.9. The lowest BCUT2D eigenvalue weighted by Gasteiger charge is -2.07. The predicted molar refractivity (Wildman–Crippen MR) is 146 cm³/mol. The van der Waals surface area contributed by atoms with Crippen molar-refractivity contribution in [2.24, 2.45) is 13.0 Å². The molecule has 0 fully saturated rings. The molecule has 0 spiro atoms. The maximum absolute atomic E-state index is 6.63. The molecule has 3 aromatic heterocycles. The Morgan fingerprint density at radius 2 is 1.68 bits per heavy atom. The van der Waals surface area contributed by atoms with Crippen molar-refractivity contribution in [2.75, 3.05) is 0 Å². The van der Waals surface area contributed by atoms with Crippen LogP contribution in [-0.2, 0) is 13.5 Å². The molecule has 0 saturated carbocycles. The van der Waals surface area contributed by atoms with Gasteiger partial charge in [-0.05, 0) is 61.4 Å². The third kappa shape index (κ3) is 3.10. The topological polar surface area (TPSA) is 17.0 Å². The molecule has 0 aliphatic carbocycles. The summed E-state index contributed by atoms with van der Waals surface area (Å²) in [5.41, 5.74) is 9.61. The van der Waals surface area contributed by atoms with Crippen LogP contribution in [0.15, 0.2) is 59.1 Å². The summed E-state index contributed by atoms with van der Waals surface area (Å²) in [6.45, 7) is 11.1. The van der Waals surface area contributed by atoms with Gasteiger partial charge in [0.25, 0.3) is 0 Å². The van der Waals surface area contributed by atoms with Crippen LogP contribution in [0.4, 0.5) is 0 Å². The van der Waals surface area contributed by atoms with Crippen LogP contribution in [0.5, 0.6) is 0 Å². The molecule has 0 atom stereocenters. The Morgan fingerprint density at radius 1 is 0.882 bits per heavy atom. The lowest BCUT2D eigenvalue weighted by Crippen LogP contribution is -2.30. The van der Waals surface area contributed by atoms with Crippen molar-refractivity contribution in [1.29, 1.82) is 0 Å². The predicted octanol–water partition coefficient (Wildman–Crippen LogP) is 8.57. The van der Waals surface area contributed by atoms with Crippen molar-refractivity contribution in [1.82, 2.24) is 0 Å². The van der Waals surface area contributed by atoms with E-state index in [4.69, 9.17) is 4.42 Å². The van der Waals surface area contributed by atoms with Crippen LogP contribution in [-0.4, -0.2) is 0 Å². The first-order chi connectivity index (χ1) is 16.3. The second kappa shape index (κ2) is 7.68. The van der Waals surface area contributed by atoms with Crippen LogP contribution in [0.25, 0.3) is 53.4 Å². The highest BCUT2D eigenvalue weighted by Gasteiger charge is 2.26. The first kappa shape index (κ1) is 21.4. The minimum Gasteiger partial charge on any atom is -0.455 e. The molecule has 3 heterocycles. The van der Waals surface area contributed by atoms with E-state index in [1.165, 1.54) is 64.5 Å². The third-order valence-corrected chi connectivity index (χ3v) is 8.33. The number of nitrogens with zero attached hydrogens (tertiary/aromatic N) is 1. The minimum atomic E-state index is 0.629. The van der Waals surface area contributed by atoms with Crippen LogP contribution in [0.1, 0.15) is 36.1 Å². The average Bonchev–Trinajstić information content (AvgIpc) is 3.33. The SMILES string of the molecule is Cc1cc(C)c2c(c1)oc1c(-c3c4sc5c(CC(C)C)cccc5c4cc[n+]3C)c(C)ccc12. The number of aryl methyl sites for hydroxylation is 4. The molecule has 0 aliphatic heterocycles. The first-order valence-electron chi connectivity index (χ1n) is 12.1. The normalized spacial score (nSPS) is 12.2. The minimum absolute atomic E-state index is 0.629. The largest absolute Gasteiger partial charge is 0.455 e. The van der Waals surface area contributed by atoms with Gasteiger partial charge >= 0.3 is 0 Å². The third-order valence-electron chi connectivity index (χ3n) is 7.02. The summed E-state index contributed by atoms with van der Waals surface area (Å²) in [5, 5.41) is 5.12. The van der Waals surface area contributed by atoms with Gasteiger partial charge < -0.3 is 4.42 Å². The molecule has 2 nitrogen and oxygen atoms in total. The molecule has 0 radical (unpaired) electrons. The van der Waals surface area contributed by atoms with Crippen LogP contribution in [0, 0.1) is 26.7 Å². The van der Waals surface area contributed by atoms with E-state index >= 15 is 0 Å². The van der Waals surface area contributed by atoms with Gasteiger partial charge in [-0.25, -0.2) is 0 Å². The van der Waals surface area contributed by atoms with Crippen molar-refractivity contribution >= 4 is 53.4 Å². The van der Waals surface area contributed by atoms with E-state index in [1.54, 1.807) is 0 Å². The molecular weight excluding hydrogens is 434 g/mol. The summed E-state index contributed by atoms with van der Waals surface area (Å²) in [5.74, 6) is 0.629. The highest BCUT2D eigenvalue weighted by atomic mass is 32.1. The van der Waals surface area contributed by atoms with Crippen molar-refractivity contribution in [3.63, 3.8) is 0 Å². The monoisotopic (exact) mass is 464 g/mol. The van der Waals surface area contributed by atoms with Crippen molar-refractivity contribution in [3.05, 3.63) is 77.0 Å². The zero-order chi connectivity index (χ0) is 23.7. The van der Waals surface area contributed by atoms with Gasteiger partial charge in [0.2, 0.25) is 5.69 Å². The molecule has 0 N–H and O–H groups in total. The fourth-order valence-corrected chi connectivity index (χ4v) is 7.00. The second-order valence-electron chi connectivity index (χ2n) is 10.2. The van der Waals surface area contributed by atoms with Crippen LogP contribution in [0.3, 0.4) is 0 Å². The summed E-state index contributed by atoms with van der Waals surface area (Å²) in [7, 11) is 2.16. The lowest BCUT2D eigenvalue weighted by molar-refractivity contribution is -0.659. The summed E-state index contributed by atoms with van der Waals surface area (Å²) in [6, 6.07) is 18.0. The van der Waals surface area contributed by atoms with E-state index in [2.05, 4.69) is 101 Å². The van der Waals surface area contributed by atoms with Gasteiger partial charge in [0.15, 0.2) is 6.20 Å². The summed E-state index contributed by atoms with van der Waals surface area (Å²) >= 11 is 1.93. The number of furan rings is 1. The molecule has 0 amide bonds. The molecule has 34 heavy (non-hydrogen) atoms. The smallest absolute Gasteiger partial charge is 0.234 e. The summed E-state index contributed by atoms with van der Waals surface area (Å²) in [6.07, 6.45) is 3.30. The highest BCUT2D eigenvalue weighted by molar-refractivity contribution is 7.26. The Morgan fingerprint density at radius 3 is 2.47 bits per heavy atom. The van der Waals surface area contributed by atoms with E-state index in [0.717, 1.165) is 17.6 Å². The number of hydrogen-bond acceptors (Lipinski definition) is 2. The Balaban J connectivity index is 1.74. The molecule has 0 saturated heterocycles. The molecule has 0 aliphatic rings. The average molecular weight is 465 g/mol. The van der Waals surface area contributed by atoms with E-state index in [9.17, 15) is 0 Å². The van der Waals surface area contributed by atoms with E-state index in [1.807, 2.05) is 11.3 Å². The number of aromatic nitrogens is 1. The van der Waals surface area contributed by atoms with Crippen molar-refractivity contribution in [2.45, 2.75) is 41.0 Å². The Kier molecular flexibility index (Phi) is 4.82. The molecule has 6 aromatic rings. The molecular formula is C31H30NOS+. The van der Waals surface area contributed by atoms with E-state index in [-0.39, 0.29) is 0 Å². The summed E-state index contributed by atoms with van der Waals surface area (Å²) in [4.78, 5) is 0. The Hall–Kier alpha value is -3.17. The molecule has 3 aromatic carbocycles. The van der Waals surface area contributed by atoms with Gasteiger partial charge in [-0.2, -0.15) is 4.57 Å². The number of thiophene rings is 1. The number of rotatable bonds is 3. The quantitative estimate of drug-likeness (QED) is 0.240. The van der Waals surface area contributed by atoms with Crippen molar-refractivity contribution in [3.8, 4) is 11.3 Å². The number of hydrogen-bond donors (Lipinski definition) is 0. The number of fused-ring (bicyclic) bond motifs is 6. The molecule has 0 unspecified atom stereocenters. The van der Waals surface area contributed by atoms with Crippen LogP contribution in [0.2, 0.25) is 0 Å². The summed E-state index contributed by atoms with van der Waals surface area (Å²) < 4.78 is 11.6.